The van der Waals surface area contributed by atoms with Crippen LogP contribution in [0.1, 0.15) is 0 Å². The molecule has 0 saturated carbocycles. The highest BCUT2D eigenvalue weighted by molar-refractivity contribution is 7.32. The maximum absolute atomic E-state index is 9.54. The number of hydrogen-bond acceptors (Lipinski definition) is 2. The van der Waals surface area contributed by atoms with Crippen LogP contribution in [0.15, 0.2) is 0 Å². The summed E-state index contributed by atoms with van der Waals surface area (Å²) in [6.07, 6.45) is 0. The number of hydrogen-bond donors (Lipinski definition) is 1. The van der Waals surface area contributed by atoms with Crippen molar-refractivity contribution in [2.45, 2.75) is 0 Å². The third-order valence-corrected chi connectivity index (χ3v) is 0.569. The monoisotopic (exact) mass is 120 g/mol. The fraction of sp³-hybridized carbons (Fsp3) is 0.500. The summed E-state index contributed by atoms with van der Waals surface area (Å²) in [5.74, 6) is 0. The minimum atomic E-state index is -2.57. The fourth-order valence-corrected chi connectivity index (χ4v) is 0.235. The van der Waals surface area contributed by atoms with Crippen molar-refractivity contribution < 1.29 is 14.0 Å². The highest BCUT2D eigenvalue weighted by Gasteiger charge is 2.11. The van der Waals surface area contributed by atoms with Crippen molar-refractivity contribution in [3.63, 3.8) is 0 Å². The summed E-state index contributed by atoms with van der Waals surface area (Å²) >= 11 is 0. The van der Waals surface area contributed by atoms with Gasteiger partial charge in [-0.05, 0) is 4.52 Å². The van der Waals surface area contributed by atoms with Gasteiger partial charge in [-0.15, -0.1) is 4.89 Å². The molecule has 0 aliphatic heterocycles. The van der Waals surface area contributed by atoms with E-state index in [0.717, 1.165) is 0 Å². The molecule has 0 aromatic heterocycles. The van der Waals surface area contributed by atoms with Gasteiger partial charge in [-0.1, -0.05) is 0 Å². The van der Waals surface area contributed by atoms with Crippen LogP contribution >= 0.6 is 8.25 Å². The third-order valence-electron chi connectivity index (χ3n) is 0.233. The van der Waals surface area contributed by atoms with E-state index in [1.54, 1.807) is 0 Å². The average Bonchev–Trinajstić information content (AvgIpc) is 1.61. The molecule has 0 heterocycles. The first-order chi connectivity index (χ1) is 3.27. The molecule has 0 saturated heterocycles. The summed E-state index contributed by atoms with van der Waals surface area (Å²) in [5.41, 5.74) is 0. The molecule has 7 heavy (non-hydrogen) atoms. The molecular weight excluding hydrogens is 117 g/mol. The zero-order valence-corrected chi connectivity index (χ0v) is 4.26. The van der Waals surface area contributed by atoms with Gasteiger partial charge < -0.3 is 0 Å². The number of rotatable bonds is 2. The van der Waals surface area contributed by atoms with E-state index in [2.05, 4.69) is 9.37 Å². The molecule has 1 atom stereocenters. The van der Waals surface area contributed by atoms with Gasteiger partial charge in [0.05, 0.1) is 0 Å². The molecule has 0 aliphatic carbocycles. The lowest BCUT2D eigenvalue weighted by Crippen LogP contribution is -1.73. The smallest absolute Gasteiger partial charge is 0.281 e. The zero-order chi connectivity index (χ0) is 5.70. The largest absolute Gasteiger partial charge is 0.702 e. The first kappa shape index (κ1) is 6.51. The van der Waals surface area contributed by atoms with Crippen LogP contribution in [0.25, 0.3) is 4.85 Å². The van der Waals surface area contributed by atoms with Gasteiger partial charge in [-0.25, -0.2) is 6.57 Å². The lowest BCUT2D eigenvalue weighted by Gasteiger charge is -1.64. The van der Waals surface area contributed by atoms with Gasteiger partial charge in [0.2, 0.25) is 0 Å². The Morgan fingerprint density at radius 1 is 2.00 bits per heavy atom. The third kappa shape index (κ3) is 5.51. The first-order valence-electron chi connectivity index (χ1n) is 1.39. The summed E-state index contributed by atoms with van der Waals surface area (Å²) in [4.78, 5) is 10.5. The Hall–Kier alpha value is -0.490. The van der Waals surface area contributed by atoms with E-state index in [0.29, 0.717) is 0 Å². The van der Waals surface area contributed by atoms with Crippen molar-refractivity contribution >= 4 is 8.25 Å². The van der Waals surface area contributed by atoms with Crippen LogP contribution < -0.4 is 0 Å². The van der Waals surface area contributed by atoms with E-state index in [-0.39, 0.29) is 6.73 Å². The van der Waals surface area contributed by atoms with E-state index in [1.165, 1.54) is 0 Å². The predicted molar refractivity (Wildman–Crippen MR) is 22.4 cm³/mol. The predicted octanol–water partition coefficient (Wildman–Crippen LogP) is 0.529. The Morgan fingerprint density at radius 3 is 2.71 bits per heavy atom. The van der Waals surface area contributed by atoms with Gasteiger partial charge in [0.1, 0.15) is 0 Å². The Kier molecular flexibility index (Phi) is 3.43. The van der Waals surface area contributed by atoms with Gasteiger partial charge in [0.15, 0.2) is 0 Å². The van der Waals surface area contributed by atoms with Gasteiger partial charge in [0.25, 0.3) is 0 Å². The highest BCUT2D eigenvalue weighted by Crippen LogP contribution is 2.12. The van der Waals surface area contributed by atoms with Gasteiger partial charge in [-0.3, -0.25) is 4.85 Å². The molecule has 0 aliphatic rings. The van der Waals surface area contributed by atoms with E-state index >= 15 is 0 Å². The van der Waals surface area contributed by atoms with Crippen molar-refractivity contribution in [3.8, 4) is 0 Å². The van der Waals surface area contributed by atoms with Crippen LogP contribution in [0.2, 0.25) is 0 Å². The minimum Gasteiger partial charge on any atom is -0.281 e. The Labute approximate surface area is 41.5 Å². The lowest BCUT2D eigenvalue weighted by atomic mass is 11.3. The molecule has 0 bridgehead atoms. The average molecular weight is 120 g/mol. The lowest BCUT2D eigenvalue weighted by molar-refractivity contribution is 0.311. The first-order valence-corrected chi connectivity index (χ1v) is 2.52. The van der Waals surface area contributed by atoms with Crippen LogP contribution in [0, 0.1) is 6.57 Å². The van der Waals surface area contributed by atoms with Crippen LogP contribution in [-0.2, 0) is 9.09 Å². The molecule has 0 aromatic rings. The molecule has 0 radical (unpaired) electrons. The van der Waals surface area contributed by atoms with Crippen molar-refractivity contribution in [3.05, 3.63) is 11.4 Å². The van der Waals surface area contributed by atoms with Crippen LogP contribution in [0.5, 0.6) is 0 Å². The summed E-state index contributed by atoms with van der Waals surface area (Å²) in [5, 5.41) is 0. The minimum absolute atomic E-state index is 0.342. The molecule has 1 unspecified atom stereocenters. The molecule has 0 rings (SSSR count). The second-order valence-electron chi connectivity index (χ2n) is 0.654. The summed E-state index contributed by atoms with van der Waals surface area (Å²) in [6, 6.07) is 0. The molecule has 5 heteroatoms. The van der Waals surface area contributed by atoms with Crippen LogP contribution in [0.4, 0.5) is 0 Å². The van der Waals surface area contributed by atoms with Crippen molar-refractivity contribution in [1.29, 1.82) is 0 Å². The van der Waals surface area contributed by atoms with E-state index < -0.39 is 8.25 Å². The normalized spacial score (nSPS) is 10.0. The molecule has 38 valence electrons. The van der Waals surface area contributed by atoms with Crippen LogP contribution in [-0.4, -0.2) is 11.6 Å². The number of nitrogens with zero attached hydrogens (tertiary/aromatic N) is 1. The maximum atomic E-state index is 9.54. The Morgan fingerprint density at radius 2 is 2.57 bits per heavy atom. The van der Waals surface area contributed by atoms with Gasteiger partial charge in [0, 0.05) is 4.57 Å². The van der Waals surface area contributed by atoms with E-state index in [1.807, 2.05) is 0 Å². The van der Waals surface area contributed by atoms with Gasteiger partial charge >= 0.3 is 15.0 Å². The molecule has 1 N–H and O–H groups in total. The molecule has 0 aromatic carbocycles. The van der Waals surface area contributed by atoms with E-state index in [4.69, 9.17) is 11.5 Å². The fourth-order valence-electron chi connectivity index (χ4n) is 0.0783. The van der Waals surface area contributed by atoms with Gasteiger partial charge in [-0.2, -0.15) is 0 Å². The molecular formula is C2H3NO3P+. The van der Waals surface area contributed by atoms with Crippen LogP contribution in [0.3, 0.4) is 0 Å². The quantitative estimate of drug-likeness (QED) is 0.427. The molecule has 0 spiro atoms. The topological polar surface area (TPSA) is 50.9 Å². The van der Waals surface area contributed by atoms with E-state index in [9.17, 15) is 4.57 Å². The summed E-state index contributed by atoms with van der Waals surface area (Å²) < 4.78 is 13.4. The molecule has 4 nitrogen and oxygen atoms in total. The molecule has 0 amide bonds. The SMILES string of the molecule is [C-]#[N+]CO[P+](=O)O. The zero-order valence-electron chi connectivity index (χ0n) is 3.37. The van der Waals surface area contributed by atoms with Crippen molar-refractivity contribution in [1.82, 2.24) is 0 Å². The Bertz CT molecular complexity index is 106. The Balaban J connectivity index is 3.02. The second-order valence-corrected chi connectivity index (χ2v) is 1.39. The van der Waals surface area contributed by atoms with Crippen molar-refractivity contribution in [2.24, 2.45) is 0 Å². The highest BCUT2D eigenvalue weighted by atomic mass is 31.1. The van der Waals surface area contributed by atoms with Crippen molar-refractivity contribution in [2.75, 3.05) is 6.73 Å². The standard InChI is InChI=1S/C2H2NO3P/c1-3-2-6-7(4)5/h2H2/p+1. The molecule has 0 fully saturated rings. The maximum Gasteiger partial charge on any atom is 0.702 e. The summed E-state index contributed by atoms with van der Waals surface area (Å²) in [6.45, 7) is 5.71. The summed E-state index contributed by atoms with van der Waals surface area (Å²) in [7, 11) is -2.57. The second kappa shape index (κ2) is 3.69.